The van der Waals surface area contributed by atoms with Crippen molar-refractivity contribution in [3.05, 3.63) is 51.5 Å². The summed E-state index contributed by atoms with van der Waals surface area (Å²) >= 11 is 2.69. The number of nitrogens with one attached hydrogen (secondary N) is 1. The number of aryl methyl sites for hydroxylation is 1. The first kappa shape index (κ1) is 22.8. The molecule has 1 aliphatic rings. The lowest BCUT2D eigenvalue weighted by atomic mass is 9.81. The van der Waals surface area contributed by atoms with E-state index in [1.807, 2.05) is 12.3 Å². The highest BCUT2D eigenvalue weighted by Gasteiger charge is 2.36. The van der Waals surface area contributed by atoms with Crippen LogP contribution >= 0.6 is 22.7 Å². The largest absolute Gasteiger partial charge is 0.416 e. The molecule has 3 aromatic rings. The van der Waals surface area contributed by atoms with Gasteiger partial charge in [0.15, 0.2) is 5.13 Å². The maximum atomic E-state index is 12.6. The Bertz CT molecular complexity index is 1090. The number of halogens is 3. The second kappa shape index (κ2) is 9.26. The number of ether oxygens (including phenoxy) is 1. The van der Waals surface area contributed by atoms with Crippen LogP contribution in [0.25, 0.3) is 10.6 Å². The summed E-state index contributed by atoms with van der Waals surface area (Å²) in [5, 5.41) is 15.0. The summed E-state index contributed by atoms with van der Waals surface area (Å²) in [6.07, 6.45) is -3.35. The van der Waals surface area contributed by atoms with E-state index in [-0.39, 0.29) is 31.1 Å². The number of anilines is 1. The molecule has 170 valence electrons. The summed E-state index contributed by atoms with van der Waals surface area (Å²) in [5.74, 6) is -0.316. The van der Waals surface area contributed by atoms with Gasteiger partial charge in [-0.25, -0.2) is 9.97 Å². The number of thiazole rings is 2. The van der Waals surface area contributed by atoms with E-state index in [1.54, 1.807) is 0 Å². The van der Waals surface area contributed by atoms with E-state index in [2.05, 4.69) is 15.3 Å². The highest BCUT2D eigenvalue weighted by Crippen LogP contribution is 2.35. The normalized spacial score (nSPS) is 18.4. The van der Waals surface area contributed by atoms with Gasteiger partial charge in [-0.3, -0.25) is 4.79 Å². The smallest absolute Gasteiger partial charge is 0.389 e. The Kier molecular flexibility index (Phi) is 6.61. The lowest BCUT2D eigenvalue weighted by Gasteiger charge is -2.33. The lowest BCUT2D eigenvalue weighted by Crippen LogP contribution is -2.39. The molecule has 11 heteroatoms. The van der Waals surface area contributed by atoms with Gasteiger partial charge in [0.25, 0.3) is 0 Å². The monoisotopic (exact) mass is 483 g/mol. The predicted molar refractivity (Wildman–Crippen MR) is 115 cm³/mol. The molecule has 0 saturated heterocycles. The first-order valence-electron chi connectivity index (χ1n) is 9.84. The average molecular weight is 484 g/mol. The van der Waals surface area contributed by atoms with Crippen molar-refractivity contribution in [2.24, 2.45) is 5.92 Å². The van der Waals surface area contributed by atoms with Crippen LogP contribution in [0.3, 0.4) is 0 Å². The van der Waals surface area contributed by atoms with Crippen LogP contribution in [0.4, 0.5) is 18.3 Å². The van der Waals surface area contributed by atoms with E-state index in [0.717, 1.165) is 22.7 Å². The maximum absolute atomic E-state index is 12.6. The maximum Gasteiger partial charge on any atom is 0.416 e. The van der Waals surface area contributed by atoms with E-state index < -0.39 is 11.7 Å². The molecule has 0 unspecified atom stereocenters. The fourth-order valence-corrected chi connectivity index (χ4v) is 4.98. The van der Waals surface area contributed by atoms with Crippen molar-refractivity contribution in [3.8, 4) is 10.6 Å². The summed E-state index contributed by atoms with van der Waals surface area (Å²) in [5.41, 5.74) is 1.47. The van der Waals surface area contributed by atoms with E-state index in [0.29, 0.717) is 34.2 Å². The van der Waals surface area contributed by atoms with Gasteiger partial charge in [0, 0.05) is 11.3 Å². The van der Waals surface area contributed by atoms with Crippen LogP contribution < -0.4 is 5.32 Å². The van der Waals surface area contributed by atoms with E-state index in [4.69, 9.17) is 4.74 Å². The van der Waals surface area contributed by atoms with Crippen molar-refractivity contribution < 1.29 is 27.8 Å². The van der Waals surface area contributed by atoms with Crippen molar-refractivity contribution in [1.29, 1.82) is 0 Å². The number of carbonyl (C=O) groups excluding carboxylic acids is 1. The summed E-state index contributed by atoms with van der Waals surface area (Å²) in [6.45, 7) is 1.93. The Balaban J connectivity index is 1.24. The number of nitrogens with zero attached hydrogens (tertiary/aromatic N) is 2. The summed E-state index contributed by atoms with van der Waals surface area (Å²) in [7, 11) is 0. The molecule has 1 amide bonds. The molecule has 2 N–H and O–H groups in total. The van der Waals surface area contributed by atoms with Gasteiger partial charge in [-0.05, 0) is 37.5 Å². The number of carbonyl (C=O) groups is 1. The molecular weight excluding hydrogens is 463 g/mol. The highest BCUT2D eigenvalue weighted by molar-refractivity contribution is 7.17. The Labute approximate surface area is 190 Å². The zero-order chi connectivity index (χ0) is 22.9. The first-order valence-corrected chi connectivity index (χ1v) is 11.5. The molecule has 0 spiro atoms. The molecule has 1 aliphatic carbocycles. The van der Waals surface area contributed by atoms with Crippen LogP contribution in [-0.2, 0) is 28.9 Å². The number of aliphatic hydroxyl groups is 1. The molecule has 0 aliphatic heterocycles. The Morgan fingerprint density at radius 1 is 1.25 bits per heavy atom. The standard InChI is InChI=1S/C21H20F3N3O3S2/c1-11-18(32-17(8-28)25-11)16-10-31-20(26-16)27-19(29)13-6-15(7-13)30-9-12-2-4-14(5-3-12)21(22,23)24/h2-5,10,13,15,28H,6-9H2,1H3,(H,26,27,29). The minimum atomic E-state index is -4.35. The van der Waals surface area contributed by atoms with Crippen LogP contribution in [0.1, 0.15) is 34.7 Å². The van der Waals surface area contributed by atoms with Gasteiger partial charge >= 0.3 is 6.18 Å². The second-order valence-electron chi connectivity index (χ2n) is 7.50. The topological polar surface area (TPSA) is 84.3 Å². The van der Waals surface area contributed by atoms with E-state index in [9.17, 15) is 23.1 Å². The van der Waals surface area contributed by atoms with Crippen molar-refractivity contribution in [1.82, 2.24) is 9.97 Å². The third-order valence-corrected chi connectivity index (χ3v) is 7.10. The molecular formula is C21H20F3N3O3S2. The fraction of sp³-hybridized carbons (Fsp3) is 0.381. The first-order chi connectivity index (χ1) is 15.2. The van der Waals surface area contributed by atoms with E-state index >= 15 is 0 Å². The lowest BCUT2D eigenvalue weighted by molar-refractivity contribution is -0.137. The Morgan fingerprint density at radius 2 is 1.97 bits per heavy atom. The third kappa shape index (κ3) is 5.17. The molecule has 0 bridgehead atoms. The zero-order valence-corrected chi connectivity index (χ0v) is 18.6. The molecule has 32 heavy (non-hydrogen) atoms. The second-order valence-corrected chi connectivity index (χ2v) is 9.45. The molecule has 2 aromatic heterocycles. The van der Waals surface area contributed by atoms with Crippen molar-refractivity contribution in [2.75, 3.05) is 5.32 Å². The van der Waals surface area contributed by atoms with Crippen LogP contribution in [0, 0.1) is 12.8 Å². The van der Waals surface area contributed by atoms with Crippen LogP contribution in [-0.4, -0.2) is 27.1 Å². The molecule has 6 nitrogen and oxygen atoms in total. The fourth-order valence-electron chi connectivity index (χ4n) is 3.32. The van der Waals surface area contributed by atoms with Crippen LogP contribution in [0.15, 0.2) is 29.6 Å². The van der Waals surface area contributed by atoms with Gasteiger partial charge in [0.2, 0.25) is 5.91 Å². The minimum Gasteiger partial charge on any atom is -0.389 e. The number of amides is 1. The molecule has 0 radical (unpaired) electrons. The molecule has 1 saturated carbocycles. The SMILES string of the molecule is Cc1nc(CO)sc1-c1csc(NC(=O)C2CC(OCc3ccc(C(F)(F)F)cc3)C2)n1. The summed E-state index contributed by atoms with van der Waals surface area (Å²) < 4.78 is 43.5. The molecule has 1 aromatic carbocycles. The van der Waals surface area contributed by atoms with Crippen LogP contribution in [0.5, 0.6) is 0 Å². The Morgan fingerprint density at radius 3 is 2.59 bits per heavy atom. The zero-order valence-electron chi connectivity index (χ0n) is 17.0. The molecule has 1 fully saturated rings. The van der Waals surface area contributed by atoms with Gasteiger partial charge in [-0.1, -0.05) is 12.1 Å². The number of aliphatic hydroxyl groups excluding tert-OH is 1. The summed E-state index contributed by atoms with van der Waals surface area (Å²) in [6, 6.07) is 4.88. The number of hydrogen-bond acceptors (Lipinski definition) is 7. The van der Waals surface area contributed by atoms with Gasteiger partial charge in [0.1, 0.15) is 5.01 Å². The Hall–Kier alpha value is -2.34. The number of benzene rings is 1. The number of rotatable bonds is 7. The molecule has 4 rings (SSSR count). The quantitative estimate of drug-likeness (QED) is 0.493. The molecule has 0 atom stereocenters. The number of aromatic nitrogens is 2. The minimum absolute atomic E-state index is 0.100. The van der Waals surface area contributed by atoms with Gasteiger partial charge in [-0.2, -0.15) is 13.2 Å². The predicted octanol–water partition coefficient (Wildman–Crippen LogP) is 5.02. The van der Waals surface area contributed by atoms with E-state index in [1.165, 1.54) is 34.8 Å². The highest BCUT2D eigenvalue weighted by atomic mass is 32.1. The van der Waals surface area contributed by atoms with Crippen LogP contribution in [0.2, 0.25) is 0 Å². The summed E-state index contributed by atoms with van der Waals surface area (Å²) in [4.78, 5) is 22.1. The van der Waals surface area contributed by atoms with Crippen molar-refractivity contribution in [3.63, 3.8) is 0 Å². The average Bonchev–Trinajstić information content (AvgIpc) is 3.32. The van der Waals surface area contributed by atoms with Gasteiger partial charge < -0.3 is 15.2 Å². The third-order valence-electron chi connectivity index (χ3n) is 5.18. The van der Waals surface area contributed by atoms with Crippen molar-refractivity contribution >= 4 is 33.7 Å². The van der Waals surface area contributed by atoms with Gasteiger partial charge in [-0.15, -0.1) is 22.7 Å². The number of hydrogen-bond donors (Lipinski definition) is 2. The van der Waals surface area contributed by atoms with Crippen molar-refractivity contribution in [2.45, 2.75) is 45.3 Å². The number of alkyl halides is 3. The van der Waals surface area contributed by atoms with Gasteiger partial charge in [0.05, 0.1) is 41.1 Å². The molecule has 2 heterocycles.